The minimum absolute atomic E-state index is 0.107. The van der Waals surface area contributed by atoms with Crippen LogP contribution in [0.3, 0.4) is 0 Å². The van der Waals surface area contributed by atoms with Gasteiger partial charge in [0, 0.05) is 19.0 Å². The first kappa shape index (κ1) is 12.0. The van der Waals surface area contributed by atoms with Crippen molar-refractivity contribution in [1.29, 1.82) is 0 Å². The Kier molecular flexibility index (Phi) is 3.74. The Balaban J connectivity index is 2.80. The summed E-state index contributed by atoms with van der Waals surface area (Å²) in [6.45, 7) is 8.21. The molecule has 0 bridgehead atoms. The van der Waals surface area contributed by atoms with Crippen LogP contribution < -0.4 is 11.1 Å². The average molecular weight is 210 g/mol. The van der Waals surface area contributed by atoms with Crippen LogP contribution >= 0.6 is 0 Å². The summed E-state index contributed by atoms with van der Waals surface area (Å²) >= 11 is 0. The fraction of sp³-hybridized carbons (Fsp3) is 0.727. The number of nitrogens with zero attached hydrogens (tertiary/aromatic N) is 2. The molecule has 86 valence electrons. The Morgan fingerprint density at radius 1 is 1.47 bits per heavy atom. The van der Waals surface area contributed by atoms with E-state index >= 15 is 0 Å². The average Bonchev–Trinajstić information content (AvgIpc) is 2.47. The second-order valence-electron chi connectivity index (χ2n) is 4.85. The number of nitrogens with one attached hydrogen (secondary N) is 1. The summed E-state index contributed by atoms with van der Waals surface area (Å²) in [6.07, 6.45) is 2.87. The second-order valence-corrected chi connectivity index (χ2v) is 4.85. The maximum absolute atomic E-state index is 5.46. The highest BCUT2D eigenvalue weighted by Crippen LogP contribution is 2.28. The predicted molar refractivity (Wildman–Crippen MR) is 64.1 cm³/mol. The van der Waals surface area contributed by atoms with Gasteiger partial charge in [-0.3, -0.25) is 4.68 Å². The molecule has 0 fully saturated rings. The molecule has 3 N–H and O–H groups in total. The first-order chi connectivity index (χ1) is 6.96. The number of hydrogen-bond donors (Lipinski definition) is 2. The van der Waals surface area contributed by atoms with E-state index in [2.05, 4.69) is 31.2 Å². The van der Waals surface area contributed by atoms with Crippen LogP contribution in [0.15, 0.2) is 6.20 Å². The Morgan fingerprint density at radius 3 is 2.67 bits per heavy atom. The SMILES string of the molecule is Cn1ncc(NCCCN)c1C(C)(C)C. The number of nitrogens with two attached hydrogens (primary N) is 1. The molecular formula is C11H22N4. The van der Waals surface area contributed by atoms with Gasteiger partial charge in [0.2, 0.25) is 0 Å². The Morgan fingerprint density at radius 2 is 2.13 bits per heavy atom. The van der Waals surface area contributed by atoms with Crippen molar-refractivity contribution in [2.45, 2.75) is 32.6 Å². The van der Waals surface area contributed by atoms with Gasteiger partial charge >= 0.3 is 0 Å². The van der Waals surface area contributed by atoms with Crippen LogP contribution in [0.2, 0.25) is 0 Å². The van der Waals surface area contributed by atoms with Crippen molar-refractivity contribution < 1.29 is 0 Å². The van der Waals surface area contributed by atoms with Crippen LogP contribution in [-0.2, 0) is 12.5 Å². The van der Waals surface area contributed by atoms with E-state index in [4.69, 9.17) is 5.73 Å². The third-order valence-electron chi connectivity index (χ3n) is 2.35. The Labute approximate surface area is 91.8 Å². The lowest BCUT2D eigenvalue weighted by molar-refractivity contribution is 0.524. The summed E-state index contributed by atoms with van der Waals surface area (Å²) in [6, 6.07) is 0. The largest absolute Gasteiger partial charge is 0.382 e. The minimum Gasteiger partial charge on any atom is -0.382 e. The lowest BCUT2D eigenvalue weighted by Crippen LogP contribution is -2.19. The van der Waals surface area contributed by atoms with E-state index in [0.29, 0.717) is 0 Å². The third-order valence-corrected chi connectivity index (χ3v) is 2.35. The molecule has 1 rings (SSSR count). The zero-order valence-corrected chi connectivity index (χ0v) is 10.2. The van der Waals surface area contributed by atoms with Crippen LogP contribution in [-0.4, -0.2) is 22.9 Å². The number of aryl methyl sites for hydroxylation is 1. The van der Waals surface area contributed by atoms with Crippen molar-refractivity contribution in [2.24, 2.45) is 12.8 Å². The van der Waals surface area contributed by atoms with E-state index in [0.717, 1.165) is 25.2 Å². The van der Waals surface area contributed by atoms with E-state index in [9.17, 15) is 0 Å². The zero-order chi connectivity index (χ0) is 11.5. The predicted octanol–water partition coefficient (Wildman–Crippen LogP) is 1.48. The monoisotopic (exact) mass is 210 g/mol. The molecule has 0 aliphatic rings. The van der Waals surface area contributed by atoms with Gasteiger partial charge in [0.05, 0.1) is 17.6 Å². The van der Waals surface area contributed by atoms with Crippen molar-refractivity contribution >= 4 is 5.69 Å². The summed E-state index contributed by atoms with van der Waals surface area (Å²) < 4.78 is 1.94. The molecule has 4 heteroatoms. The smallest absolute Gasteiger partial charge is 0.0764 e. The molecule has 0 atom stereocenters. The molecule has 0 unspecified atom stereocenters. The first-order valence-corrected chi connectivity index (χ1v) is 5.43. The van der Waals surface area contributed by atoms with Gasteiger partial charge in [-0.2, -0.15) is 5.10 Å². The van der Waals surface area contributed by atoms with Gasteiger partial charge < -0.3 is 11.1 Å². The molecule has 0 saturated carbocycles. The molecule has 0 amide bonds. The topological polar surface area (TPSA) is 55.9 Å². The van der Waals surface area contributed by atoms with Gasteiger partial charge in [0.25, 0.3) is 0 Å². The van der Waals surface area contributed by atoms with Crippen LogP contribution in [0.4, 0.5) is 5.69 Å². The molecule has 0 aliphatic heterocycles. The summed E-state index contributed by atoms with van der Waals surface area (Å²) in [5.41, 5.74) is 7.93. The lowest BCUT2D eigenvalue weighted by atomic mass is 9.91. The lowest BCUT2D eigenvalue weighted by Gasteiger charge is -2.21. The Bertz CT molecular complexity index is 309. The summed E-state index contributed by atoms with van der Waals surface area (Å²) in [5, 5.41) is 7.66. The van der Waals surface area contributed by atoms with Gasteiger partial charge in [-0.05, 0) is 13.0 Å². The van der Waals surface area contributed by atoms with Crippen LogP contribution in [0.25, 0.3) is 0 Å². The molecule has 1 aromatic heterocycles. The molecule has 0 aliphatic carbocycles. The molecule has 15 heavy (non-hydrogen) atoms. The zero-order valence-electron chi connectivity index (χ0n) is 10.2. The van der Waals surface area contributed by atoms with Gasteiger partial charge in [0.1, 0.15) is 0 Å². The molecular weight excluding hydrogens is 188 g/mol. The summed E-state index contributed by atoms with van der Waals surface area (Å²) in [4.78, 5) is 0. The van der Waals surface area contributed by atoms with E-state index in [1.165, 1.54) is 5.69 Å². The van der Waals surface area contributed by atoms with Gasteiger partial charge in [0.15, 0.2) is 0 Å². The number of aromatic nitrogens is 2. The van der Waals surface area contributed by atoms with Crippen molar-refractivity contribution in [3.05, 3.63) is 11.9 Å². The van der Waals surface area contributed by atoms with Crippen molar-refractivity contribution in [3.8, 4) is 0 Å². The number of anilines is 1. The molecule has 0 radical (unpaired) electrons. The standard InChI is InChI=1S/C11H22N4/c1-11(2,3)10-9(8-14-15(10)4)13-7-5-6-12/h8,13H,5-7,12H2,1-4H3. The molecule has 0 saturated heterocycles. The highest BCUT2D eigenvalue weighted by atomic mass is 15.3. The molecule has 0 spiro atoms. The van der Waals surface area contributed by atoms with Crippen molar-refractivity contribution in [1.82, 2.24) is 9.78 Å². The van der Waals surface area contributed by atoms with E-state index in [-0.39, 0.29) is 5.41 Å². The highest BCUT2D eigenvalue weighted by molar-refractivity contribution is 5.49. The molecule has 1 heterocycles. The minimum atomic E-state index is 0.107. The molecule has 0 aromatic carbocycles. The maximum atomic E-state index is 5.46. The summed E-state index contributed by atoms with van der Waals surface area (Å²) in [5.74, 6) is 0. The highest BCUT2D eigenvalue weighted by Gasteiger charge is 2.22. The van der Waals surface area contributed by atoms with E-state index in [1.807, 2.05) is 17.9 Å². The quantitative estimate of drug-likeness (QED) is 0.740. The molecule has 1 aromatic rings. The van der Waals surface area contributed by atoms with Gasteiger partial charge in [-0.15, -0.1) is 0 Å². The van der Waals surface area contributed by atoms with Crippen LogP contribution in [0, 0.1) is 0 Å². The fourth-order valence-electron chi connectivity index (χ4n) is 1.78. The van der Waals surface area contributed by atoms with Gasteiger partial charge in [-0.25, -0.2) is 0 Å². The first-order valence-electron chi connectivity index (χ1n) is 5.43. The van der Waals surface area contributed by atoms with Gasteiger partial charge in [-0.1, -0.05) is 20.8 Å². The fourth-order valence-corrected chi connectivity index (χ4v) is 1.78. The number of hydrogen-bond acceptors (Lipinski definition) is 3. The van der Waals surface area contributed by atoms with Crippen molar-refractivity contribution in [2.75, 3.05) is 18.4 Å². The van der Waals surface area contributed by atoms with Crippen LogP contribution in [0.5, 0.6) is 0 Å². The van der Waals surface area contributed by atoms with E-state index in [1.54, 1.807) is 0 Å². The normalized spacial score (nSPS) is 11.8. The Hall–Kier alpha value is -1.03. The second kappa shape index (κ2) is 4.66. The van der Waals surface area contributed by atoms with Crippen LogP contribution in [0.1, 0.15) is 32.9 Å². The van der Waals surface area contributed by atoms with Crippen molar-refractivity contribution in [3.63, 3.8) is 0 Å². The molecule has 4 nitrogen and oxygen atoms in total. The summed E-state index contributed by atoms with van der Waals surface area (Å²) in [7, 11) is 1.98. The maximum Gasteiger partial charge on any atom is 0.0764 e. The van der Waals surface area contributed by atoms with E-state index < -0.39 is 0 Å². The third kappa shape index (κ3) is 2.96. The number of rotatable bonds is 4.